The van der Waals surface area contributed by atoms with Crippen molar-refractivity contribution in [3.05, 3.63) is 34.9 Å². The Morgan fingerprint density at radius 1 is 1.21 bits per heavy atom. The van der Waals surface area contributed by atoms with Gasteiger partial charge in [0.1, 0.15) is 0 Å². The van der Waals surface area contributed by atoms with Gasteiger partial charge in [-0.3, -0.25) is 0 Å². The molecule has 0 amide bonds. The van der Waals surface area contributed by atoms with Crippen LogP contribution in [-0.2, 0) is 6.42 Å². The van der Waals surface area contributed by atoms with Crippen molar-refractivity contribution in [1.82, 2.24) is 0 Å². The van der Waals surface area contributed by atoms with Gasteiger partial charge in [0.15, 0.2) is 0 Å². The summed E-state index contributed by atoms with van der Waals surface area (Å²) >= 11 is 0. The molecule has 0 bridgehead atoms. The van der Waals surface area contributed by atoms with Crippen molar-refractivity contribution in [2.45, 2.75) is 59.3 Å². The van der Waals surface area contributed by atoms with Crippen LogP contribution in [0.3, 0.4) is 0 Å². The molecule has 1 saturated carbocycles. The minimum absolute atomic E-state index is 0.365. The molecular formula is C18H29N. The van der Waals surface area contributed by atoms with Crippen molar-refractivity contribution >= 4 is 0 Å². The zero-order valence-electron chi connectivity index (χ0n) is 12.8. The van der Waals surface area contributed by atoms with E-state index in [0.29, 0.717) is 5.41 Å². The van der Waals surface area contributed by atoms with Crippen molar-refractivity contribution < 1.29 is 0 Å². The van der Waals surface area contributed by atoms with Crippen LogP contribution in [0.5, 0.6) is 0 Å². The zero-order chi connectivity index (χ0) is 13.9. The maximum absolute atomic E-state index is 6.16. The molecule has 1 aliphatic rings. The number of aryl methyl sites for hydroxylation is 2. The Kier molecular flexibility index (Phi) is 4.67. The van der Waals surface area contributed by atoms with E-state index in [1.165, 1.54) is 55.2 Å². The molecule has 0 atom stereocenters. The molecule has 1 aromatic rings. The first-order valence-electron chi connectivity index (χ1n) is 7.85. The number of benzene rings is 1. The Bertz CT molecular complexity index is 414. The van der Waals surface area contributed by atoms with Gasteiger partial charge in [0.2, 0.25) is 0 Å². The number of hydrogen-bond donors (Lipinski definition) is 1. The third kappa shape index (κ3) is 3.39. The molecule has 1 aliphatic carbocycles. The average molecular weight is 259 g/mol. The van der Waals surface area contributed by atoms with Crippen LogP contribution < -0.4 is 5.73 Å². The molecule has 0 heterocycles. The monoisotopic (exact) mass is 259 g/mol. The summed E-state index contributed by atoms with van der Waals surface area (Å²) in [5.41, 5.74) is 10.8. The van der Waals surface area contributed by atoms with Crippen LogP contribution in [0.1, 0.15) is 55.7 Å². The predicted molar refractivity (Wildman–Crippen MR) is 83.4 cm³/mol. The Balaban J connectivity index is 2.13. The molecule has 106 valence electrons. The molecule has 2 N–H and O–H groups in total. The third-order valence-electron chi connectivity index (χ3n) is 5.25. The SMILES string of the molecule is CCC1CCC(CN)(Cc2cc(C)ccc2C)CC1. The van der Waals surface area contributed by atoms with E-state index in [4.69, 9.17) is 5.73 Å². The summed E-state index contributed by atoms with van der Waals surface area (Å²) in [4.78, 5) is 0. The molecule has 19 heavy (non-hydrogen) atoms. The van der Waals surface area contributed by atoms with Gasteiger partial charge in [-0.05, 0) is 75.0 Å². The van der Waals surface area contributed by atoms with E-state index in [0.717, 1.165) is 12.5 Å². The number of nitrogens with two attached hydrogens (primary N) is 1. The highest BCUT2D eigenvalue weighted by Crippen LogP contribution is 2.42. The van der Waals surface area contributed by atoms with Crippen molar-refractivity contribution in [3.8, 4) is 0 Å². The Hall–Kier alpha value is -0.820. The largest absolute Gasteiger partial charge is 0.330 e. The Labute approximate surface area is 118 Å². The Morgan fingerprint density at radius 2 is 1.89 bits per heavy atom. The summed E-state index contributed by atoms with van der Waals surface area (Å²) in [7, 11) is 0. The summed E-state index contributed by atoms with van der Waals surface area (Å²) in [6.45, 7) is 7.59. The van der Waals surface area contributed by atoms with E-state index >= 15 is 0 Å². The van der Waals surface area contributed by atoms with Gasteiger partial charge in [-0.1, -0.05) is 37.1 Å². The lowest BCUT2D eigenvalue weighted by Gasteiger charge is -2.40. The van der Waals surface area contributed by atoms with Crippen LogP contribution in [0.2, 0.25) is 0 Å². The minimum Gasteiger partial charge on any atom is -0.330 e. The topological polar surface area (TPSA) is 26.0 Å². The van der Waals surface area contributed by atoms with Crippen LogP contribution in [0.4, 0.5) is 0 Å². The standard InChI is InChI=1S/C18H29N/c1-4-16-7-9-18(13-19,10-8-16)12-17-11-14(2)5-6-15(17)3/h5-6,11,16H,4,7-10,12-13,19H2,1-3H3. The number of hydrogen-bond acceptors (Lipinski definition) is 1. The van der Waals surface area contributed by atoms with E-state index in [-0.39, 0.29) is 0 Å². The van der Waals surface area contributed by atoms with E-state index in [1.807, 2.05) is 0 Å². The quantitative estimate of drug-likeness (QED) is 0.852. The van der Waals surface area contributed by atoms with Crippen molar-refractivity contribution in [3.63, 3.8) is 0 Å². The lowest BCUT2D eigenvalue weighted by molar-refractivity contribution is 0.153. The summed E-state index contributed by atoms with van der Waals surface area (Å²) in [6, 6.07) is 6.83. The molecule has 0 spiro atoms. The summed E-state index contributed by atoms with van der Waals surface area (Å²) in [5, 5.41) is 0. The highest BCUT2D eigenvalue weighted by atomic mass is 14.6. The summed E-state index contributed by atoms with van der Waals surface area (Å²) in [5.74, 6) is 0.943. The molecule has 2 rings (SSSR count). The van der Waals surface area contributed by atoms with Crippen molar-refractivity contribution in [2.75, 3.05) is 6.54 Å². The first-order chi connectivity index (χ1) is 9.08. The third-order valence-corrected chi connectivity index (χ3v) is 5.25. The molecule has 1 aromatic carbocycles. The van der Waals surface area contributed by atoms with E-state index in [1.54, 1.807) is 0 Å². The van der Waals surface area contributed by atoms with Gasteiger partial charge < -0.3 is 5.73 Å². The second kappa shape index (κ2) is 6.09. The van der Waals surface area contributed by atoms with Gasteiger partial charge in [0, 0.05) is 0 Å². The van der Waals surface area contributed by atoms with Crippen LogP contribution >= 0.6 is 0 Å². The highest BCUT2D eigenvalue weighted by Gasteiger charge is 2.34. The fraction of sp³-hybridized carbons (Fsp3) is 0.667. The molecule has 0 radical (unpaired) electrons. The van der Waals surface area contributed by atoms with Gasteiger partial charge in [0.25, 0.3) is 0 Å². The molecule has 1 nitrogen and oxygen atoms in total. The van der Waals surface area contributed by atoms with E-state index in [2.05, 4.69) is 39.0 Å². The van der Waals surface area contributed by atoms with Crippen LogP contribution in [-0.4, -0.2) is 6.54 Å². The molecule has 0 saturated heterocycles. The molecule has 1 fully saturated rings. The van der Waals surface area contributed by atoms with Gasteiger partial charge in [-0.25, -0.2) is 0 Å². The first-order valence-corrected chi connectivity index (χ1v) is 7.85. The summed E-state index contributed by atoms with van der Waals surface area (Å²) in [6.07, 6.45) is 7.89. The Morgan fingerprint density at radius 3 is 2.47 bits per heavy atom. The van der Waals surface area contributed by atoms with E-state index < -0.39 is 0 Å². The van der Waals surface area contributed by atoms with Crippen molar-refractivity contribution in [2.24, 2.45) is 17.1 Å². The van der Waals surface area contributed by atoms with Gasteiger partial charge in [0.05, 0.1) is 0 Å². The second-order valence-corrected chi connectivity index (χ2v) is 6.66. The molecule has 0 aliphatic heterocycles. The molecule has 1 heteroatoms. The van der Waals surface area contributed by atoms with Crippen molar-refractivity contribution in [1.29, 1.82) is 0 Å². The second-order valence-electron chi connectivity index (χ2n) is 6.66. The normalized spacial score (nSPS) is 27.5. The zero-order valence-corrected chi connectivity index (χ0v) is 12.8. The lowest BCUT2D eigenvalue weighted by atomic mass is 9.66. The summed E-state index contributed by atoms with van der Waals surface area (Å²) < 4.78 is 0. The van der Waals surface area contributed by atoms with Gasteiger partial charge in [-0.15, -0.1) is 0 Å². The van der Waals surface area contributed by atoms with Gasteiger partial charge >= 0.3 is 0 Å². The minimum atomic E-state index is 0.365. The van der Waals surface area contributed by atoms with Crippen LogP contribution in [0.25, 0.3) is 0 Å². The van der Waals surface area contributed by atoms with Gasteiger partial charge in [-0.2, -0.15) is 0 Å². The number of rotatable bonds is 4. The van der Waals surface area contributed by atoms with Crippen LogP contribution in [0, 0.1) is 25.2 Å². The van der Waals surface area contributed by atoms with Crippen LogP contribution in [0.15, 0.2) is 18.2 Å². The first kappa shape index (κ1) is 14.6. The fourth-order valence-corrected chi connectivity index (χ4v) is 3.55. The molecule has 0 aromatic heterocycles. The highest BCUT2D eigenvalue weighted by molar-refractivity contribution is 5.31. The fourth-order valence-electron chi connectivity index (χ4n) is 3.55. The lowest BCUT2D eigenvalue weighted by Crippen LogP contribution is -2.37. The average Bonchev–Trinajstić information content (AvgIpc) is 2.44. The maximum Gasteiger partial charge on any atom is -0.00173 e. The molecule has 0 unspecified atom stereocenters. The van der Waals surface area contributed by atoms with E-state index in [9.17, 15) is 0 Å². The predicted octanol–water partition coefficient (Wildman–Crippen LogP) is 4.39. The molecular weight excluding hydrogens is 230 g/mol. The smallest absolute Gasteiger partial charge is 0.00173 e. The maximum atomic E-state index is 6.16.